The fourth-order valence-electron chi connectivity index (χ4n) is 1.71. The van der Waals surface area contributed by atoms with Crippen molar-refractivity contribution in [3.8, 4) is 0 Å². The second kappa shape index (κ2) is 7.16. The topological polar surface area (TPSA) is 71.1 Å². The molecular formula is C15H14IN3O2. The van der Waals surface area contributed by atoms with Gasteiger partial charge in [-0.2, -0.15) is 0 Å². The Bertz CT molecular complexity index is 659. The molecule has 0 aliphatic heterocycles. The highest BCUT2D eigenvalue weighted by Crippen LogP contribution is 2.17. The summed E-state index contributed by atoms with van der Waals surface area (Å²) in [7, 11) is 0. The van der Waals surface area contributed by atoms with Crippen molar-refractivity contribution in [2.24, 2.45) is 0 Å². The van der Waals surface area contributed by atoms with Crippen LogP contribution in [0.1, 0.15) is 11.1 Å². The van der Waals surface area contributed by atoms with E-state index in [2.05, 4.69) is 38.2 Å². The molecule has 2 amide bonds. The SMILES string of the molecule is Cc1cc(I)ccc1NC(=O)C(=O)NCc1ccncc1. The predicted molar refractivity (Wildman–Crippen MR) is 88.6 cm³/mol. The molecule has 0 atom stereocenters. The van der Waals surface area contributed by atoms with Crippen LogP contribution in [-0.2, 0) is 16.1 Å². The second-order valence-corrected chi connectivity index (χ2v) is 5.70. The highest BCUT2D eigenvalue weighted by Gasteiger charge is 2.14. The molecule has 0 radical (unpaired) electrons. The molecule has 0 bridgehead atoms. The lowest BCUT2D eigenvalue weighted by Crippen LogP contribution is -2.35. The zero-order valence-electron chi connectivity index (χ0n) is 11.4. The van der Waals surface area contributed by atoms with Crippen molar-refractivity contribution in [2.45, 2.75) is 13.5 Å². The molecule has 5 nitrogen and oxygen atoms in total. The third kappa shape index (κ3) is 4.52. The maximum atomic E-state index is 11.8. The number of rotatable bonds is 3. The molecule has 2 rings (SSSR count). The van der Waals surface area contributed by atoms with E-state index in [0.29, 0.717) is 12.2 Å². The van der Waals surface area contributed by atoms with Crippen molar-refractivity contribution in [2.75, 3.05) is 5.32 Å². The van der Waals surface area contributed by atoms with Crippen molar-refractivity contribution in [3.05, 3.63) is 57.4 Å². The first-order valence-electron chi connectivity index (χ1n) is 6.30. The Morgan fingerprint density at radius 3 is 2.52 bits per heavy atom. The highest BCUT2D eigenvalue weighted by atomic mass is 127. The quantitative estimate of drug-likeness (QED) is 0.619. The normalized spacial score (nSPS) is 10.0. The molecule has 1 aromatic carbocycles. The maximum Gasteiger partial charge on any atom is 0.313 e. The summed E-state index contributed by atoms with van der Waals surface area (Å²) < 4.78 is 1.07. The lowest BCUT2D eigenvalue weighted by atomic mass is 10.2. The number of amides is 2. The predicted octanol–water partition coefficient (Wildman–Crippen LogP) is 2.25. The Morgan fingerprint density at radius 1 is 1.14 bits per heavy atom. The van der Waals surface area contributed by atoms with Crippen LogP contribution < -0.4 is 10.6 Å². The lowest BCUT2D eigenvalue weighted by Gasteiger charge is -2.09. The zero-order chi connectivity index (χ0) is 15.2. The summed E-state index contributed by atoms with van der Waals surface area (Å²) in [6.07, 6.45) is 3.27. The number of carbonyl (C=O) groups excluding carboxylic acids is 2. The fraction of sp³-hybridized carbons (Fsp3) is 0.133. The fourth-order valence-corrected chi connectivity index (χ4v) is 2.36. The van der Waals surface area contributed by atoms with Gasteiger partial charge in [-0.1, -0.05) is 0 Å². The maximum absolute atomic E-state index is 11.8. The minimum Gasteiger partial charge on any atom is -0.344 e. The van der Waals surface area contributed by atoms with E-state index in [4.69, 9.17) is 0 Å². The van der Waals surface area contributed by atoms with E-state index in [9.17, 15) is 9.59 Å². The van der Waals surface area contributed by atoms with Crippen LogP contribution in [-0.4, -0.2) is 16.8 Å². The van der Waals surface area contributed by atoms with Crippen LogP contribution in [0, 0.1) is 10.5 Å². The van der Waals surface area contributed by atoms with Crippen molar-refractivity contribution in [1.29, 1.82) is 0 Å². The number of aromatic nitrogens is 1. The first-order valence-corrected chi connectivity index (χ1v) is 7.38. The van der Waals surface area contributed by atoms with Gasteiger partial charge in [0.15, 0.2) is 0 Å². The number of aryl methyl sites for hydroxylation is 1. The van der Waals surface area contributed by atoms with Gasteiger partial charge >= 0.3 is 11.8 Å². The van der Waals surface area contributed by atoms with E-state index in [1.54, 1.807) is 30.6 Å². The molecule has 0 aliphatic carbocycles. The molecule has 0 unspecified atom stereocenters. The molecule has 0 saturated heterocycles. The molecule has 0 saturated carbocycles. The molecule has 0 fully saturated rings. The first kappa shape index (κ1) is 15.4. The van der Waals surface area contributed by atoms with E-state index < -0.39 is 11.8 Å². The molecular weight excluding hydrogens is 381 g/mol. The minimum absolute atomic E-state index is 0.292. The summed E-state index contributed by atoms with van der Waals surface area (Å²) >= 11 is 2.19. The largest absolute Gasteiger partial charge is 0.344 e. The van der Waals surface area contributed by atoms with Crippen LogP contribution in [0.3, 0.4) is 0 Å². The monoisotopic (exact) mass is 395 g/mol. The number of hydrogen-bond acceptors (Lipinski definition) is 3. The van der Waals surface area contributed by atoms with Gasteiger partial charge in [0.25, 0.3) is 0 Å². The number of anilines is 1. The standard InChI is InChI=1S/C15H14IN3O2/c1-10-8-12(16)2-3-13(10)19-15(21)14(20)18-9-11-4-6-17-7-5-11/h2-8H,9H2,1H3,(H,18,20)(H,19,21). The number of halogens is 1. The summed E-state index contributed by atoms with van der Waals surface area (Å²) in [6, 6.07) is 9.15. The van der Waals surface area contributed by atoms with Crippen LogP contribution in [0.2, 0.25) is 0 Å². The van der Waals surface area contributed by atoms with E-state index in [-0.39, 0.29) is 0 Å². The molecule has 1 aromatic heterocycles. The van der Waals surface area contributed by atoms with Gasteiger partial charge in [0.05, 0.1) is 0 Å². The number of hydrogen-bond donors (Lipinski definition) is 2. The number of nitrogens with zero attached hydrogens (tertiary/aromatic N) is 1. The van der Waals surface area contributed by atoms with Crippen molar-refractivity contribution >= 4 is 40.1 Å². The molecule has 1 heterocycles. The first-order chi connectivity index (χ1) is 10.1. The summed E-state index contributed by atoms with van der Waals surface area (Å²) in [5.41, 5.74) is 2.44. The average molecular weight is 395 g/mol. The molecule has 2 N–H and O–H groups in total. The van der Waals surface area contributed by atoms with Crippen molar-refractivity contribution in [3.63, 3.8) is 0 Å². The number of carbonyl (C=O) groups is 2. The Kier molecular flexibility index (Phi) is 5.26. The van der Waals surface area contributed by atoms with E-state index >= 15 is 0 Å². The molecule has 6 heteroatoms. The third-order valence-electron chi connectivity index (χ3n) is 2.85. The van der Waals surface area contributed by atoms with Crippen molar-refractivity contribution in [1.82, 2.24) is 10.3 Å². The molecule has 2 aromatic rings. The van der Waals surface area contributed by atoms with Gasteiger partial charge < -0.3 is 10.6 Å². The summed E-state index contributed by atoms with van der Waals surface area (Å²) in [6.45, 7) is 2.17. The summed E-state index contributed by atoms with van der Waals surface area (Å²) in [5.74, 6) is -1.34. The molecule has 0 spiro atoms. The number of nitrogens with one attached hydrogen (secondary N) is 2. The molecule has 21 heavy (non-hydrogen) atoms. The summed E-state index contributed by atoms with van der Waals surface area (Å²) in [4.78, 5) is 27.5. The van der Waals surface area contributed by atoms with Crippen LogP contribution in [0.15, 0.2) is 42.7 Å². The van der Waals surface area contributed by atoms with Gasteiger partial charge in [0, 0.05) is 28.2 Å². The van der Waals surface area contributed by atoms with Crippen LogP contribution in [0.4, 0.5) is 5.69 Å². The van der Waals surface area contributed by atoms with E-state index in [0.717, 1.165) is 14.7 Å². The van der Waals surface area contributed by atoms with Crippen LogP contribution in [0.25, 0.3) is 0 Å². The Labute approximate surface area is 136 Å². The highest BCUT2D eigenvalue weighted by molar-refractivity contribution is 14.1. The minimum atomic E-state index is -0.673. The Morgan fingerprint density at radius 2 is 1.86 bits per heavy atom. The van der Waals surface area contributed by atoms with Crippen LogP contribution in [0.5, 0.6) is 0 Å². The van der Waals surface area contributed by atoms with Gasteiger partial charge in [-0.15, -0.1) is 0 Å². The third-order valence-corrected chi connectivity index (χ3v) is 3.52. The second-order valence-electron chi connectivity index (χ2n) is 4.45. The number of benzene rings is 1. The number of pyridine rings is 1. The van der Waals surface area contributed by atoms with Crippen LogP contribution >= 0.6 is 22.6 Å². The zero-order valence-corrected chi connectivity index (χ0v) is 13.5. The average Bonchev–Trinajstić information content (AvgIpc) is 2.48. The van der Waals surface area contributed by atoms with Gasteiger partial charge in [0.2, 0.25) is 0 Å². The Balaban J connectivity index is 1.92. The van der Waals surface area contributed by atoms with Crippen molar-refractivity contribution < 1.29 is 9.59 Å². The summed E-state index contributed by atoms with van der Waals surface area (Å²) in [5, 5.41) is 5.18. The molecule has 108 valence electrons. The van der Waals surface area contributed by atoms with Gasteiger partial charge in [0.1, 0.15) is 0 Å². The smallest absolute Gasteiger partial charge is 0.313 e. The van der Waals surface area contributed by atoms with Gasteiger partial charge in [-0.3, -0.25) is 14.6 Å². The van der Waals surface area contributed by atoms with E-state index in [1.165, 1.54) is 0 Å². The van der Waals surface area contributed by atoms with Gasteiger partial charge in [-0.25, -0.2) is 0 Å². The Hall–Kier alpha value is -1.96. The lowest BCUT2D eigenvalue weighted by molar-refractivity contribution is -0.136. The van der Waals surface area contributed by atoms with E-state index in [1.807, 2.05) is 19.1 Å². The van der Waals surface area contributed by atoms with Gasteiger partial charge in [-0.05, 0) is 71.0 Å². The molecule has 0 aliphatic rings.